The summed E-state index contributed by atoms with van der Waals surface area (Å²) in [4.78, 5) is 4.91. The predicted octanol–water partition coefficient (Wildman–Crippen LogP) is 4.02. The highest BCUT2D eigenvalue weighted by atomic mass is 35.5. The van der Waals surface area contributed by atoms with Crippen molar-refractivity contribution in [3.8, 4) is 0 Å². The summed E-state index contributed by atoms with van der Waals surface area (Å²) in [6.45, 7) is 6.63. The van der Waals surface area contributed by atoms with Gasteiger partial charge in [0.05, 0.1) is 12.3 Å². The molecule has 1 aliphatic heterocycles. The van der Waals surface area contributed by atoms with Gasteiger partial charge in [-0.3, -0.25) is 4.90 Å². The first-order chi connectivity index (χ1) is 14.2. The van der Waals surface area contributed by atoms with Crippen LogP contribution in [0.2, 0.25) is 5.02 Å². The number of aromatic nitrogens is 4. The number of benzene rings is 1. The van der Waals surface area contributed by atoms with Crippen LogP contribution >= 0.6 is 11.6 Å². The second-order valence-corrected chi connectivity index (χ2v) is 7.87. The van der Waals surface area contributed by atoms with Gasteiger partial charge in [0.1, 0.15) is 12.3 Å². The number of rotatable bonds is 8. The molecule has 1 aromatic carbocycles. The van der Waals surface area contributed by atoms with E-state index >= 15 is 0 Å². The molecule has 1 saturated heterocycles. The van der Waals surface area contributed by atoms with Crippen molar-refractivity contribution in [2.75, 3.05) is 31.1 Å². The van der Waals surface area contributed by atoms with Gasteiger partial charge in [-0.25, -0.2) is 4.68 Å². The molecular formula is C21H27ClN6O. The number of piperazine rings is 1. The summed E-state index contributed by atoms with van der Waals surface area (Å²) in [5.41, 5.74) is 1.19. The minimum absolute atomic E-state index is 0.210. The van der Waals surface area contributed by atoms with E-state index in [-0.39, 0.29) is 6.04 Å². The molecule has 0 radical (unpaired) electrons. The van der Waals surface area contributed by atoms with Crippen LogP contribution in [0.4, 0.5) is 5.69 Å². The standard InChI is InChI=1S/C21H27ClN6O/c1-2-3-9-20(21-23-24-25-28(21)16-19-8-5-14-29-19)27-12-10-26(11-13-27)18-7-4-6-17(22)15-18/h4-8,14-15,20H,2-3,9-13,16H2,1H3/t20-/m1/s1. The van der Waals surface area contributed by atoms with Crippen molar-refractivity contribution in [1.29, 1.82) is 0 Å². The Bertz CT molecular complexity index is 888. The molecule has 29 heavy (non-hydrogen) atoms. The van der Waals surface area contributed by atoms with Crippen LogP contribution in [-0.4, -0.2) is 51.3 Å². The second kappa shape index (κ2) is 9.41. The quantitative estimate of drug-likeness (QED) is 0.554. The van der Waals surface area contributed by atoms with Gasteiger partial charge in [-0.1, -0.05) is 37.4 Å². The van der Waals surface area contributed by atoms with Crippen LogP contribution in [0.1, 0.15) is 43.8 Å². The number of nitrogens with zero attached hydrogens (tertiary/aromatic N) is 6. The molecule has 0 spiro atoms. The van der Waals surface area contributed by atoms with Crippen LogP contribution in [0, 0.1) is 0 Å². The van der Waals surface area contributed by atoms with E-state index < -0.39 is 0 Å². The van der Waals surface area contributed by atoms with Gasteiger partial charge in [-0.15, -0.1) is 5.10 Å². The molecule has 0 aliphatic carbocycles. The molecule has 0 saturated carbocycles. The molecule has 0 unspecified atom stereocenters. The molecule has 1 fully saturated rings. The highest BCUT2D eigenvalue weighted by Gasteiger charge is 2.29. The van der Waals surface area contributed by atoms with E-state index in [0.717, 1.165) is 62.0 Å². The molecule has 154 valence electrons. The topological polar surface area (TPSA) is 63.2 Å². The highest BCUT2D eigenvalue weighted by Crippen LogP contribution is 2.28. The Hall–Kier alpha value is -2.38. The summed E-state index contributed by atoms with van der Waals surface area (Å²) in [7, 11) is 0. The van der Waals surface area contributed by atoms with E-state index in [1.807, 2.05) is 35.0 Å². The molecule has 1 atom stereocenters. The zero-order valence-electron chi connectivity index (χ0n) is 16.7. The smallest absolute Gasteiger partial charge is 0.168 e. The van der Waals surface area contributed by atoms with Crippen molar-refractivity contribution >= 4 is 17.3 Å². The van der Waals surface area contributed by atoms with Crippen LogP contribution in [0.15, 0.2) is 47.1 Å². The lowest BCUT2D eigenvalue weighted by Crippen LogP contribution is -2.48. The Morgan fingerprint density at radius 2 is 2.00 bits per heavy atom. The largest absolute Gasteiger partial charge is 0.467 e. The van der Waals surface area contributed by atoms with Gasteiger partial charge >= 0.3 is 0 Å². The zero-order chi connectivity index (χ0) is 20.1. The lowest BCUT2D eigenvalue weighted by Gasteiger charge is -2.39. The average molecular weight is 415 g/mol. The third-order valence-electron chi connectivity index (χ3n) is 5.50. The monoisotopic (exact) mass is 414 g/mol. The van der Waals surface area contributed by atoms with E-state index in [0.29, 0.717) is 6.54 Å². The number of halogens is 1. The third-order valence-corrected chi connectivity index (χ3v) is 5.74. The highest BCUT2D eigenvalue weighted by molar-refractivity contribution is 6.30. The van der Waals surface area contributed by atoms with Crippen molar-refractivity contribution in [2.24, 2.45) is 0 Å². The van der Waals surface area contributed by atoms with E-state index in [9.17, 15) is 0 Å². The van der Waals surface area contributed by atoms with Crippen molar-refractivity contribution in [3.63, 3.8) is 0 Å². The van der Waals surface area contributed by atoms with Gasteiger partial charge in [-0.2, -0.15) is 0 Å². The summed E-state index contributed by atoms with van der Waals surface area (Å²) in [5.74, 6) is 1.78. The fourth-order valence-corrected chi connectivity index (χ4v) is 4.13. The van der Waals surface area contributed by atoms with Gasteiger partial charge in [0, 0.05) is 36.9 Å². The van der Waals surface area contributed by atoms with Crippen molar-refractivity contribution in [2.45, 2.75) is 38.8 Å². The molecule has 0 amide bonds. The molecule has 0 N–H and O–H groups in total. The maximum atomic E-state index is 6.17. The second-order valence-electron chi connectivity index (χ2n) is 7.44. The van der Waals surface area contributed by atoms with E-state index in [1.54, 1.807) is 6.26 Å². The summed E-state index contributed by atoms with van der Waals surface area (Å²) in [5, 5.41) is 13.4. The summed E-state index contributed by atoms with van der Waals surface area (Å²) >= 11 is 6.17. The first-order valence-electron chi connectivity index (χ1n) is 10.3. The third kappa shape index (κ3) is 4.79. The SMILES string of the molecule is CCCC[C@H](c1nnnn1Cc1ccco1)N1CCN(c2cccc(Cl)c2)CC1. The first-order valence-corrected chi connectivity index (χ1v) is 10.7. The number of furan rings is 1. The average Bonchev–Trinajstić information content (AvgIpc) is 3.42. The first kappa shape index (κ1) is 19.9. The fraction of sp³-hybridized carbons (Fsp3) is 0.476. The van der Waals surface area contributed by atoms with Crippen LogP contribution in [0.5, 0.6) is 0 Å². The van der Waals surface area contributed by atoms with Gasteiger partial charge in [0.2, 0.25) is 0 Å². The Labute approximate surface area is 176 Å². The molecule has 0 bridgehead atoms. The van der Waals surface area contributed by atoms with E-state index in [1.165, 1.54) is 5.69 Å². The number of hydrogen-bond donors (Lipinski definition) is 0. The zero-order valence-corrected chi connectivity index (χ0v) is 17.5. The van der Waals surface area contributed by atoms with Crippen LogP contribution < -0.4 is 4.90 Å². The summed E-state index contributed by atoms with van der Waals surface area (Å²) in [6.07, 6.45) is 5.03. The maximum Gasteiger partial charge on any atom is 0.168 e. The van der Waals surface area contributed by atoms with Crippen molar-refractivity contribution < 1.29 is 4.42 Å². The van der Waals surface area contributed by atoms with Crippen LogP contribution in [0.25, 0.3) is 0 Å². The molecule has 2 aromatic heterocycles. The maximum absolute atomic E-state index is 6.17. The number of tetrazole rings is 1. The van der Waals surface area contributed by atoms with E-state index in [4.69, 9.17) is 16.0 Å². The molecule has 3 aromatic rings. The Kier molecular flexibility index (Phi) is 6.46. The van der Waals surface area contributed by atoms with Crippen molar-refractivity contribution in [3.05, 3.63) is 59.3 Å². The number of anilines is 1. The molecular weight excluding hydrogens is 388 g/mol. The van der Waals surface area contributed by atoms with Crippen molar-refractivity contribution in [1.82, 2.24) is 25.1 Å². The normalized spacial score (nSPS) is 16.3. The lowest BCUT2D eigenvalue weighted by molar-refractivity contribution is 0.162. The fourth-order valence-electron chi connectivity index (χ4n) is 3.95. The summed E-state index contributed by atoms with van der Waals surface area (Å²) in [6, 6.07) is 12.1. The minimum atomic E-state index is 0.210. The minimum Gasteiger partial charge on any atom is -0.467 e. The van der Waals surface area contributed by atoms with Gasteiger partial charge in [0.15, 0.2) is 5.82 Å². The molecule has 3 heterocycles. The Morgan fingerprint density at radius 1 is 1.14 bits per heavy atom. The Balaban J connectivity index is 1.48. The van der Waals surface area contributed by atoms with Crippen LogP contribution in [0.3, 0.4) is 0 Å². The van der Waals surface area contributed by atoms with Gasteiger partial charge in [0.25, 0.3) is 0 Å². The lowest BCUT2D eigenvalue weighted by atomic mass is 10.1. The molecule has 7 nitrogen and oxygen atoms in total. The van der Waals surface area contributed by atoms with Crippen LogP contribution in [-0.2, 0) is 6.54 Å². The van der Waals surface area contributed by atoms with Gasteiger partial charge in [-0.05, 0) is 47.2 Å². The molecule has 8 heteroatoms. The van der Waals surface area contributed by atoms with Gasteiger partial charge < -0.3 is 9.32 Å². The summed E-state index contributed by atoms with van der Waals surface area (Å²) < 4.78 is 7.37. The Morgan fingerprint density at radius 3 is 2.72 bits per heavy atom. The molecule has 1 aliphatic rings. The van der Waals surface area contributed by atoms with E-state index in [2.05, 4.69) is 38.3 Å². The molecule has 4 rings (SSSR count). The number of unbranched alkanes of at least 4 members (excludes halogenated alkanes) is 1. The predicted molar refractivity (Wildman–Crippen MR) is 113 cm³/mol. The number of hydrogen-bond acceptors (Lipinski definition) is 6.